The molecule has 0 aromatic carbocycles. The van der Waals surface area contributed by atoms with E-state index in [-0.39, 0.29) is 6.10 Å². The minimum Gasteiger partial charge on any atom is -0.379 e. The van der Waals surface area contributed by atoms with E-state index in [9.17, 15) is 0 Å². The van der Waals surface area contributed by atoms with Crippen LogP contribution in [0.2, 0.25) is 0 Å². The summed E-state index contributed by atoms with van der Waals surface area (Å²) in [6.07, 6.45) is 54.4. The summed E-state index contributed by atoms with van der Waals surface area (Å²) in [5.41, 5.74) is 0. The van der Waals surface area contributed by atoms with Gasteiger partial charge in [0.1, 0.15) is 0 Å². The second kappa shape index (κ2) is 42.2. The van der Waals surface area contributed by atoms with Crippen molar-refractivity contribution in [2.75, 3.05) is 19.8 Å². The number of hydrogen-bond donors (Lipinski definition) is 0. The minimum atomic E-state index is 0.266. The standard InChI is InChI=1S/C44H84O2/c1-4-7-10-13-15-17-19-21-23-25-27-29-31-33-35-38-41-45-43-44(40-37-12-9-6-3)46-42-39-36-34-32-30-28-26-24-22-20-18-16-14-11-8-5-2/h6,21-24,44H,3-5,7-20,25-43H2,1-2H3/b23-21-,24-22-. The van der Waals surface area contributed by atoms with Gasteiger partial charge in [0.05, 0.1) is 12.7 Å². The second-order valence-corrected chi connectivity index (χ2v) is 14.0. The molecule has 0 spiro atoms. The van der Waals surface area contributed by atoms with E-state index in [1.165, 1.54) is 193 Å². The Labute approximate surface area is 291 Å². The van der Waals surface area contributed by atoms with E-state index in [1.807, 2.05) is 6.08 Å². The predicted octanol–water partition coefficient (Wildman–Crippen LogP) is 15.2. The molecule has 0 aromatic rings. The van der Waals surface area contributed by atoms with Gasteiger partial charge in [-0.15, -0.1) is 6.58 Å². The summed E-state index contributed by atoms with van der Waals surface area (Å²) in [5, 5.41) is 0. The highest BCUT2D eigenvalue weighted by Crippen LogP contribution is 2.14. The zero-order chi connectivity index (χ0) is 33.3. The quantitative estimate of drug-likeness (QED) is 0.0488. The first-order valence-electron chi connectivity index (χ1n) is 20.9. The van der Waals surface area contributed by atoms with Crippen LogP contribution in [0.25, 0.3) is 0 Å². The average Bonchev–Trinajstić information content (AvgIpc) is 3.07. The fourth-order valence-electron chi connectivity index (χ4n) is 6.14. The van der Waals surface area contributed by atoms with Crippen LogP contribution in [0.4, 0.5) is 0 Å². The van der Waals surface area contributed by atoms with Crippen LogP contribution < -0.4 is 0 Å². The molecule has 46 heavy (non-hydrogen) atoms. The summed E-state index contributed by atoms with van der Waals surface area (Å²) in [5.74, 6) is 0. The maximum atomic E-state index is 6.31. The molecule has 0 bridgehead atoms. The van der Waals surface area contributed by atoms with Crippen molar-refractivity contribution in [3.8, 4) is 0 Å². The summed E-state index contributed by atoms with van der Waals surface area (Å²) in [6.45, 7) is 11.0. The molecule has 0 radical (unpaired) electrons. The van der Waals surface area contributed by atoms with E-state index in [4.69, 9.17) is 9.47 Å². The van der Waals surface area contributed by atoms with E-state index in [0.29, 0.717) is 0 Å². The SMILES string of the molecule is C=CCCCCC(COCCCCCCCC/C=C\CCCCCCCC)OCCCCCCCC/C=C\CCCCCCCC. The first-order chi connectivity index (χ1) is 22.8. The summed E-state index contributed by atoms with van der Waals surface area (Å²) in [4.78, 5) is 0. The van der Waals surface area contributed by atoms with Gasteiger partial charge in [0.2, 0.25) is 0 Å². The van der Waals surface area contributed by atoms with Crippen LogP contribution in [-0.2, 0) is 9.47 Å². The molecule has 1 atom stereocenters. The average molecular weight is 645 g/mol. The molecule has 0 amide bonds. The predicted molar refractivity (Wildman–Crippen MR) is 208 cm³/mol. The van der Waals surface area contributed by atoms with E-state index in [2.05, 4.69) is 44.7 Å². The van der Waals surface area contributed by atoms with Gasteiger partial charge in [-0.2, -0.15) is 0 Å². The second-order valence-electron chi connectivity index (χ2n) is 14.0. The van der Waals surface area contributed by atoms with Crippen molar-refractivity contribution in [2.45, 2.75) is 225 Å². The van der Waals surface area contributed by atoms with Crippen LogP contribution in [0.3, 0.4) is 0 Å². The lowest BCUT2D eigenvalue weighted by Gasteiger charge is -2.18. The highest BCUT2D eigenvalue weighted by atomic mass is 16.5. The molecule has 2 nitrogen and oxygen atoms in total. The van der Waals surface area contributed by atoms with Crippen LogP contribution in [0.5, 0.6) is 0 Å². The van der Waals surface area contributed by atoms with Crippen LogP contribution in [0.15, 0.2) is 37.0 Å². The zero-order valence-corrected chi connectivity index (χ0v) is 31.7. The third-order valence-corrected chi connectivity index (χ3v) is 9.30. The van der Waals surface area contributed by atoms with E-state index in [1.54, 1.807) is 0 Å². The van der Waals surface area contributed by atoms with Crippen LogP contribution in [0.1, 0.15) is 219 Å². The fraction of sp³-hybridized carbons (Fsp3) is 0.864. The van der Waals surface area contributed by atoms with Gasteiger partial charge >= 0.3 is 0 Å². The Kier molecular flexibility index (Phi) is 41.4. The van der Waals surface area contributed by atoms with Gasteiger partial charge in [0.15, 0.2) is 0 Å². The number of hydrogen-bond acceptors (Lipinski definition) is 2. The van der Waals surface area contributed by atoms with Crippen LogP contribution in [-0.4, -0.2) is 25.9 Å². The summed E-state index contributed by atoms with van der Waals surface area (Å²) >= 11 is 0. The Bertz CT molecular complexity index is 609. The van der Waals surface area contributed by atoms with Crippen LogP contribution >= 0.6 is 0 Å². The number of allylic oxidation sites excluding steroid dienone is 5. The normalized spacial score (nSPS) is 12.6. The van der Waals surface area contributed by atoms with Gasteiger partial charge < -0.3 is 9.47 Å². The molecule has 0 saturated carbocycles. The maximum Gasteiger partial charge on any atom is 0.0808 e. The number of ether oxygens (including phenoxy) is 2. The first-order valence-corrected chi connectivity index (χ1v) is 20.9. The Morgan fingerprint density at radius 1 is 0.413 bits per heavy atom. The zero-order valence-electron chi connectivity index (χ0n) is 31.7. The molecule has 0 heterocycles. The molecule has 2 heteroatoms. The lowest BCUT2D eigenvalue weighted by Crippen LogP contribution is -2.21. The van der Waals surface area contributed by atoms with Gasteiger partial charge in [0.25, 0.3) is 0 Å². The van der Waals surface area contributed by atoms with Crippen molar-refractivity contribution in [1.82, 2.24) is 0 Å². The Hall–Kier alpha value is -0.860. The molecular formula is C44H84O2. The summed E-state index contributed by atoms with van der Waals surface area (Å²) in [6, 6.07) is 0. The molecule has 0 rings (SSSR count). The Balaban J connectivity index is 3.66. The molecule has 0 aromatic heterocycles. The molecule has 272 valence electrons. The molecule has 0 N–H and O–H groups in total. The first kappa shape index (κ1) is 45.1. The largest absolute Gasteiger partial charge is 0.379 e. The Morgan fingerprint density at radius 2 is 0.783 bits per heavy atom. The minimum absolute atomic E-state index is 0.266. The van der Waals surface area contributed by atoms with Gasteiger partial charge in [-0.25, -0.2) is 0 Å². The van der Waals surface area contributed by atoms with Gasteiger partial charge in [-0.05, 0) is 83.5 Å². The Morgan fingerprint density at radius 3 is 1.22 bits per heavy atom. The van der Waals surface area contributed by atoms with E-state index >= 15 is 0 Å². The molecule has 0 aliphatic heterocycles. The molecule has 0 aliphatic carbocycles. The van der Waals surface area contributed by atoms with Crippen molar-refractivity contribution in [3.05, 3.63) is 37.0 Å². The summed E-state index contributed by atoms with van der Waals surface area (Å²) in [7, 11) is 0. The topological polar surface area (TPSA) is 18.5 Å². The number of rotatable bonds is 40. The smallest absolute Gasteiger partial charge is 0.0808 e. The third-order valence-electron chi connectivity index (χ3n) is 9.30. The van der Waals surface area contributed by atoms with Gasteiger partial charge in [-0.3, -0.25) is 0 Å². The van der Waals surface area contributed by atoms with Gasteiger partial charge in [-0.1, -0.05) is 166 Å². The van der Waals surface area contributed by atoms with E-state index in [0.717, 1.165) is 32.7 Å². The van der Waals surface area contributed by atoms with E-state index < -0.39 is 0 Å². The molecule has 0 saturated heterocycles. The van der Waals surface area contributed by atoms with Crippen molar-refractivity contribution in [2.24, 2.45) is 0 Å². The van der Waals surface area contributed by atoms with Gasteiger partial charge in [0, 0.05) is 13.2 Å². The number of unbranched alkanes of at least 4 members (excludes halogenated alkanes) is 26. The highest BCUT2D eigenvalue weighted by Gasteiger charge is 2.09. The lowest BCUT2D eigenvalue weighted by molar-refractivity contribution is -0.0234. The van der Waals surface area contributed by atoms with Crippen molar-refractivity contribution >= 4 is 0 Å². The molecular weight excluding hydrogens is 560 g/mol. The van der Waals surface area contributed by atoms with Crippen molar-refractivity contribution in [3.63, 3.8) is 0 Å². The highest BCUT2D eigenvalue weighted by molar-refractivity contribution is 4.82. The molecule has 1 unspecified atom stereocenters. The van der Waals surface area contributed by atoms with Crippen LogP contribution in [0, 0.1) is 0 Å². The monoisotopic (exact) mass is 645 g/mol. The maximum absolute atomic E-state index is 6.31. The van der Waals surface area contributed by atoms with Crippen molar-refractivity contribution < 1.29 is 9.47 Å². The third kappa shape index (κ3) is 39.3. The molecule has 0 fully saturated rings. The lowest BCUT2D eigenvalue weighted by atomic mass is 10.1. The molecule has 0 aliphatic rings. The van der Waals surface area contributed by atoms with Crippen molar-refractivity contribution in [1.29, 1.82) is 0 Å². The summed E-state index contributed by atoms with van der Waals surface area (Å²) < 4.78 is 12.4. The fourth-order valence-corrected chi connectivity index (χ4v) is 6.14.